The van der Waals surface area contributed by atoms with E-state index in [0.29, 0.717) is 10.6 Å². The van der Waals surface area contributed by atoms with E-state index in [2.05, 4.69) is 12.2 Å². The lowest BCUT2D eigenvalue weighted by Gasteiger charge is -2.02. The maximum Gasteiger partial charge on any atom is 0.171 e. The zero-order valence-electron chi connectivity index (χ0n) is 10.0. The molecule has 0 bridgehead atoms. The van der Waals surface area contributed by atoms with E-state index in [4.69, 9.17) is 5.73 Å². The van der Waals surface area contributed by atoms with E-state index in [-0.39, 0.29) is 5.78 Å². The van der Waals surface area contributed by atoms with Gasteiger partial charge in [-0.05, 0) is 12.5 Å². The molecule has 0 atom stereocenters. The second-order valence-electron chi connectivity index (χ2n) is 3.94. The molecule has 0 saturated carbocycles. The molecule has 1 heterocycles. The standard InChI is InChI=1S/C12H20N2OS/c1-3-4-5-6-7-14-11-8-10(13)12(16-11)9(2)15/h8,14H,3-7,13H2,1-2H3. The average molecular weight is 240 g/mol. The largest absolute Gasteiger partial charge is 0.397 e. The van der Waals surface area contributed by atoms with Crippen LogP contribution in [-0.2, 0) is 0 Å². The van der Waals surface area contributed by atoms with Gasteiger partial charge in [0.25, 0.3) is 0 Å². The molecule has 0 aliphatic carbocycles. The van der Waals surface area contributed by atoms with Crippen LogP contribution in [0.5, 0.6) is 0 Å². The van der Waals surface area contributed by atoms with Gasteiger partial charge >= 0.3 is 0 Å². The minimum Gasteiger partial charge on any atom is -0.397 e. The molecule has 0 aliphatic heterocycles. The summed E-state index contributed by atoms with van der Waals surface area (Å²) >= 11 is 1.45. The Bertz CT molecular complexity index is 347. The fraction of sp³-hybridized carbons (Fsp3) is 0.583. The highest BCUT2D eigenvalue weighted by Crippen LogP contribution is 2.29. The normalized spacial score (nSPS) is 10.4. The molecular weight excluding hydrogens is 220 g/mol. The Morgan fingerprint density at radius 3 is 2.75 bits per heavy atom. The number of nitrogens with one attached hydrogen (secondary N) is 1. The Morgan fingerprint density at radius 2 is 2.19 bits per heavy atom. The van der Waals surface area contributed by atoms with Gasteiger partial charge in [0.2, 0.25) is 0 Å². The van der Waals surface area contributed by atoms with Crippen molar-refractivity contribution in [2.75, 3.05) is 17.6 Å². The van der Waals surface area contributed by atoms with Crippen LogP contribution in [0.1, 0.15) is 49.2 Å². The van der Waals surface area contributed by atoms with E-state index in [9.17, 15) is 4.79 Å². The number of anilines is 2. The third-order valence-corrected chi connectivity index (χ3v) is 3.62. The summed E-state index contributed by atoms with van der Waals surface area (Å²) in [6.07, 6.45) is 4.96. The lowest BCUT2D eigenvalue weighted by atomic mass is 10.2. The van der Waals surface area contributed by atoms with Crippen molar-refractivity contribution in [3.05, 3.63) is 10.9 Å². The van der Waals surface area contributed by atoms with Gasteiger partial charge < -0.3 is 11.1 Å². The summed E-state index contributed by atoms with van der Waals surface area (Å²) in [4.78, 5) is 11.9. The molecule has 0 unspecified atom stereocenters. The highest BCUT2D eigenvalue weighted by molar-refractivity contribution is 7.18. The molecule has 4 heteroatoms. The fourth-order valence-electron chi connectivity index (χ4n) is 1.53. The molecule has 0 fully saturated rings. The summed E-state index contributed by atoms with van der Waals surface area (Å²) in [6.45, 7) is 4.71. The third kappa shape index (κ3) is 3.85. The molecular formula is C12H20N2OS. The van der Waals surface area contributed by atoms with Crippen molar-refractivity contribution in [1.29, 1.82) is 0 Å². The van der Waals surface area contributed by atoms with Gasteiger partial charge in [-0.1, -0.05) is 26.2 Å². The molecule has 0 saturated heterocycles. The first kappa shape index (κ1) is 13.0. The minimum atomic E-state index is 0.0431. The van der Waals surface area contributed by atoms with Crippen LogP contribution < -0.4 is 11.1 Å². The molecule has 0 radical (unpaired) electrons. The predicted molar refractivity (Wildman–Crippen MR) is 71.4 cm³/mol. The van der Waals surface area contributed by atoms with Crippen molar-refractivity contribution in [3.63, 3.8) is 0 Å². The SMILES string of the molecule is CCCCCCNc1cc(N)c(C(C)=O)s1. The fourth-order valence-corrected chi connectivity index (χ4v) is 2.43. The molecule has 1 rings (SSSR count). The average Bonchev–Trinajstić information content (AvgIpc) is 2.59. The van der Waals surface area contributed by atoms with E-state index < -0.39 is 0 Å². The summed E-state index contributed by atoms with van der Waals surface area (Å²) in [5.41, 5.74) is 6.34. The number of nitrogens with two attached hydrogens (primary N) is 1. The predicted octanol–water partition coefficient (Wildman–Crippen LogP) is 3.53. The van der Waals surface area contributed by atoms with Crippen molar-refractivity contribution >= 4 is 27.8 Å². The van der Waals surface area contributed by atoms with Crippen LogP contribution in [0.4, 0.5) is 10.7 Å². The van der Waals surface area contributed by atoms with E-state index in [1.807, 2.05) is 6.07 Å². The van der Waals surface area contributed by atoms with Crippen LogP contribution >= 0.6 is 11.3 Å². The van der Waals surface area contributed by atoms with Gasteiger partial charge in [-0.25, -0.2) is 0 Å². The van der Waals surface area contributed by atoms with Crippen LogP contribution in [0, 0.1) is 0 Å². The van der Waals surface area contributed by atoms with Crippen LogP contribution in [-0.4, -0.2) is 12.3 Å². The van der Waals surface area contributed by atoms with E-state index in [0.717, 1.165) is 11.5 Å². The Hall–Kier alpha value is -1.03. The van der Waals surface area contributed by atoms with Crippen LogP contribution in [0.25, 0.3) is 0 Å². The minimum absolute atomic E-state index is 0.0431. The number of hydrogen-bond donors (Lipinski definition) is 2. The highest BCUT2D eigenvalue weighted by Gasteiger charge is 2.09. The zero-order valence-corrected chi connectivity index (χ0v) is 10.8. The van der Waals surface area contributed by atoms with Crippen molar-refractivity contribution in [1.82, 2.24) is 0 Å². The lowest BCUT2D eigenvalue weighted by Crippen LogP contribution is -1.99. The van der Waals surface area contributed by atoms with Crippen molar-refractivity contribution < 1.29 is 4.79 Å². The van der Waals surface area contributed by atoms with Gasteiger partial charge in [0.05, 0.1) is 15.6 Å². The highest BCUT2D eigenvalue weighted by atomic mass is 32.1. The van der Waals surface area contributed by atoms with E-state index in [1.165, 1.54) is 37.0 Å². The Kier molecular flexibility index (Phi) is 5.32. The zero-order chi connectivity index (χ0) is 12.0. The molecule has 0 spiro atoms. The maximum absolute atomic E-state index is 11.2. The van der Waals surface area contributed by atoms with Crippen LogP contribution in [0.15, 0.2) is 6.07 Å². The summed E-state index contributed by atoms with van der Waals surface area (Å²) < 4.78 is 0. The summed E-state index contributed by atoms with van der Waals surface area (Å²) in [7, 11) is 0. The number of unbranched alkanes of at least 4 members (excludes halogenated alkanes) is 3. The number of carbonyl (C=O) groups excluding carboxylic acids is 1. The van der Waals surface area contributed by atoms with Crippen molar-refractivity contribution in [2.24, 2.45) is 0 Å². The van der Waals surface area contributed by atoms with Crippen molar-refractivity contribution in [3.8, 4) is 0 Å². The number of ketones is 1. The van der Waals surface area contributed by atoms with Crippen LogP contribution in [0.2, 0.25) is 0 Å². The van der Waals surface area contributed by atoms with E-state index in [1.54, 1.807) is 6.92 Å². The Labute approximate surface area is 101 Å². The molecule has 1 aromatic rings. The number of nitrogen functional groups attached to an aromatic ring is 1. The molecule has 16 heavy (non-hydrogen) atoms. The quantitative estimate of drug-likeness (QED) is 0.566. The molecule has 0 amide bonds. The number of thiophene rings is 1. The van der Waals surface area contributed by atoms with Gasteiger partial charge in [-0.3, -0.25) is 4.79 Å². The molecule has 0 aliphatic rings. The molecule has 0 aromatic carbocycles. The molecule has 90 valence electrons. The van der Waals surface area contributed by atoms with Gasteiger partial charge in [-0.15, -0.1) is 11.3 Å². The number of carbonyl (C=O) groups is 1. The maximum atomic E-state index is 11.2. The van der Waals surface area contributed by atoms with Gasteiger partial charge in [0.15, 0.2) is 5.78 Å². The van der Waals surface area contributed by atoms with Gasteiger partial charge in [-0.2, -0.15) is 0 Å². The first-order chi connectivity index (χ1) is 7.65. The summed E-state index contributed by atoms with van der Waals surface area (Å²) in [5, 5.41) is 4.31. The Balaban J connectivity index is 2.37. The second kappa shape index (κ2) is 6.53. The van der Waals surface area contributed by atoms with Crippen molar-refractivity contribution in [2.45, 2.75) is 39.5 Å². The number of hydrogen-bond acceptors (Lipinski definition) is 4. The Morgan fingerprint density at radius 1 is 1.44 bits per heavy atom. The first-order valence-corrected chi connectivity index (χ1v) is 6.61. The molecule has 1 aromatic heterocycles. The smallest absolute Gasteiger partial charge is 0.171 e. The second-order valence-corrected chi connectivity index (χ2v) is 4.99. The molecule has 3 N–H and O–H groups in total. The third-order valence-electron chi connectivity index (χ3n) is 2.41. The summed E-state index contributed by atoms with van der Waals surface area (Å²) in [5.74, 6) is 0.0431. The monoisotopic (exact) mass is 240 g/mol. The van der Waals surface area contributed by atoms with Gasteiger partial charge in [0.1, 0.15) is 0 Å². The van der Waals surface area contributed by atoms with Gasteiger partial charge in [0, 0.05) is 13.5 Å². The lowest BCUT2D eigenvalue weighted by molar-refractivity contribution is 0.102. The van der Waals surface area contributed by atoms with Crippen LogP contribution in [0.3, 0.4) is 0 Å². The summed E-state index contributed by atoms with van der Waals surface area (Å²) in [6, 6.07) is 1.85. The topological polar surface area (TPSA) is 55.1 Å². The number of rotatable bonds is 7. The van der Waals surface area contributed by atoms with E-state index >= 15 is 0 Å². The first-order valence-electron chi connectivity index (χ1n) is 5.79. The molecule has 3 nitrogen and oxygen atoms in total. The number of Topliss-reactive ketones (excluding diaryl/α,β-unsaturated/α-hetero) is 1.